The summed E-state index contributed by atoms with van der Waals surface area (Å²) < 4.78 is 0. The van der Waals surface area contributed by atoms with E-state index in [-0.39, 0.29) is 11.7 Å². The number of ketones is 1. The minimum atomic E-state index is 0.176. The van der Waals surface area contributed by atoms with Crippen LogP contribution in [0.3, 0.4) is 0 Å². The number of carbonyl (C=O) groups excluding carboxylic acids is 1. The number of hydrogen-bond donors (Lipinski definition) is 0. The minimum Gasteiger partial charge on any atom is -0.341 e. The number of benzene rings is 1. The number of aryl methyl sites for hydroxylation is 1. The van der Waals surface area contributed by atoms with Gasteiger partial charge in [0.05, 0.1) is 17.0 Å². The van der Waals surface area contributed by atoms with Crippen molar-refractivity contribution in [2.45, 2.75) is 39.5 Å². The van der Waals surface area contributed by atoms with Gasteiger partial charge >= 0.3 is 0 Å². The maximum absolute atomic E-state index is 12.7. The van der Waals surface area contributed by atoms with E-state index >= 15 is 0 Å². The Morgan fingerprint density at radius 2 is 1.96 bits per heavy atom. The summed E-state index contributed by atoms with van der Waals surface area (Å²) in [6, 6.07) is 10.2. The topological polar surface area (TPSA) is 46.1 Å². The van der Waals surface area contributed by atoms with Gasteiger partial charge in [0.15, 0.2) is 5.78 Å². The fourth-order valence-corrected chi connectivity index (χ4v) is 4.25. The number of fused-ring (bicyclic) bond motifs is 1. The van der Waals surface area contributed by atoms with Gasteiger partial charge in [-0.05, 0) is 43.6 Å². The Hall–Kier alpha value is -2.49. The van der Waals surface area contributed by atoms with Gasteiger partial charge in [-0.15, -0.1) is 0 Å². The molecule has 1 aromatic heterocycles. The van der Waals surface area contributed by atoms with Crippen molar-refractivity contribution in [1.82, 2.24) is 9.97 Å². The molecule has 1 aromatic carbocycles. The molecule has 4 nitrogen and oxygen atoms in total. The number of piperidine rings is 1. The maximum Gasteiger partial charge on any atom is 0.225 e. The van der Waals surface area contributed by atoms with Crippen LogP contribution in [0.15, 0.2) is 36.4 Å². The number of allylic oxidation sites excluding steroid dienone is 1. The average molecular weight is 361 g/mol. The molecule has 1 aliphatic carbocycles. The summed E-state index contributed by atoms with van der Waals surface area (Å²) in [7, 11) is 0. The Labute approximate surface area is 161 Å². The summed E-state index contributed by atoms with van der Waals surface area (Å²) in [5, 5.41) is 0. The summed E-state index contributed by atoms with van der Waals surface area (Å²) >= 11 is 0. The first-order valence-electron chi connectivity index (χ1n) is 9.99. The Morgan fingerprint density at radius 3 is 2.74 bits per heavy atom. The first-order valence-corrected chi connectivity index (χ1v) is 9.99. The van der Waals surface area contributed by atoms with E-state index in [1.165, 1.54) is 12.8 Å². The van der Waals surface area contributed by atoms with E-state index in [4.69, 9.17) is 4.98 Å². The lowest BCUT2D eigenvalue weighted by molar-refractivity contribution is 0.0956. The molecule has 0 unspecified atom stereocenters. The molecule has 27 heavy (non-hydrogen) atoms. The molecule has 4 rings (SSSR count). The van der Waals surface area contributed by atoms with Gasteiger partial charge in [-0.25, -0.2) is 9.97 Å². The lowest BCUT2D eigenvalue weighted by Crippen LogP contribution is -2.36. The van der Waals surface area contributed by atoms with Crippen LogP contribution in [0, 0.1) is 18.8 Å². The van der Waals surface area contributed by atoms with E-state index in [1.807, 2.05) is 25.1 Å². The Kier molecular flexibility index (Phi) is 5.06. The number of rotatable bonds is 3. The van der Waals surface area contributed by atoms with Crippen LogP contribution in [0.4, 0.5) is 5.95 Å². The van der Waals surface area contributed by atoms with Crippen molar-refractivity contribution in [2.24, 2.45) is 11.8 Å². The highest BCUT2D eigenvalue weighted by Crippen LogP contribution is 2.30. The van der Waals surface area contributed by atoms with Gasteiger partial charge in [-0.2, -0.15) is 0 Å². The van der Waals surface area contributed by atoms with E-state index in [2.05, 4.69) is 41.1 Å². The molecule has 140 valence electrons. The van der Waals surface area contributed by atoms with Crippen molar-refractivity contribution >= 4 is 17.8 Å². The molecule has 2 aromatic rings. The molecular formula is C23H27N3O. The first-order chi connectivity index (χ1) is 13.1. The van der Waals surface area contributed by atoms with Crippen LogP contribution in [0.25, 0.3) is 6.08 Å². The van der Waals surface area contributed by atoms with Crippen LogP contribution in [0.2, 0.25) is 0 Å². The van der Waals surface area contributed by atoms with E-state index in [0.717, 1.165) is 48.0 Å². The van der Waals surface area contributed by atoms with Crippen LogP contribution in [-0.4, -0.2) is 28.8 Å². The molecule has 2 aliphatic rings. The Balaban J connectivity index is 1.58. The average Bonchev–Trinajstić information content (AvgIpc) is 2.66. The van der Waals surface area contributed by atoms with Gasteiger partial charge in [-0.1, -0.05) is 49.4 Å². The van der Waals surface area contributed by atoms with Gasteiger partial charge in [0.1, 0.15) is 0 Å². The number of nitrogens with zero attached hydrogens (tertiary/aromatic N) is 3. The molecule has 1 aliphatic heterocycles. The van der Waals surface area contributed by atoms with Crippen molar-refractivity contribution in [3.8, 4) is 0 Å². The number of hydrogen-bond acceptors (Lipinski definition) is 4. The van der Waals surface area contributed by atoms with E-state index in [1.54, 1.807) is 0 Å². The molecule has 0 spiro atoms. The van der Waals surface area contributed by atoms with E-state index in [0.29, 0.717) is 12.3 Å². The van der Waals surface area contributed by atoms with Gasteiger partial charge in [0, 0.05) is 19.5 Å². The zero-order valence-electron chi connectivity index (χ0n) is 16.2. The monoisotopic (exact) mass is 361 g/mol. The Morgan fingerprint density at radius 1 is 1.15 bits per heavy atom. The van der Waals surface area contributed by atoms with Crippen LogP contribution in [0.5, 0.6) is 0 Å². The second-order valence-corrected chi connectivity index (χ2v) is 7.99. The third kappa shape index (κ3) is 3.95. The predicted molar refractivity (Wildman–Crippen MR) is 109 cm³/mol. The van der Waals surface area contributed by atoms with Crippen molar-refractivity contribution in [3.05, 3.63) is 58.9 Å². The highest BCUT2D eigenvalue weighted by atomic mass is 16.1. The standard InChI is InChI=1S/C23H27N3O/c1-16-7-6-12-26(15-16)23-24-17(2)22-20(25-23)13-19(14-21(22)27)11-10-18-8-4-3-5-9-18/h3-5,8-11,16,19H,6-7,12-15H2,1-2H3/b11-10+/t16-,19-/m0/s1. The van der Waals surface area contributed by atoms with E-state index in [9.17, 15) is 4.79 Å². The maximum atomic E-state index is 12.7. The van der Waals surface area contributed by atoms with Gasteiger partial charge in [-0.3, -0.25) is 4.79 Å². The second-order valence-electron chi connectivity index (χ2n) is 7.99. The fourth-order valence-electron chi connectivity index (χ4n) is 4.25. The molecule has 0 radical (unpaired) electrons. The summed E-state index contributed by atoms with van der Waals surface area (Å²) in [5.41, 5.74) is 3.68. The fraction of sp³-hybridized carbons (Fsp3) is 0.435. The van der Waals surface area contributed by atoms with Crippen LogP contribution in [-0.2, 0) is 6.42 Å². The zero-order valence-corrected chi connectivity index (χ0v) is 16.2. The molecule has 1 fully saturated rings. The quantitative estimate of drug-likeness (QED) is 0.809. The number of aromatic nitrogens is 2. The van der Waals surface area contributed by atoms with Gasteiger partial charge < -0.3 is 4.90 Å². The smallest absolute Gasteiger partial charge is 0.225 e. The molecular weight excluding hydrogens is 334 g/mol. The molecule has 1 saturated heterocycles. The molecule has 0 amide bonds. The lowest BCUT2D eigenvalue weighted by Gasteiger charge is -2.32. The molecule has 0 bridgehead atoms. The molecule has 0 saturated carbocycles. The highest BCUT2D eigenvalue weighted by molar-refractivity contribution is 5.99. The van der Waals surface area contributed by atoms with Crippen molar-refractivity contribution in [3.63, 3.8) is 0 Å². The largest absolute Gasteiger partial charge is 0.341 e. The third-order valence-electron chi connectivity index (χ3n) is 5.64. The van der Waals surface area contributed by atoms with Gasteiger partial charge in [0.2, 0.25) is 5.95 Å². The first kappa shape index (κ1) is 17.9. The predicted octanol–water partition coefficient (Wildman–Crippen LogP) is 4.48. The van der Waals surface area contributed by atoms with Crippen molar-refractivity contribution in [1.29, 1.82) is 0 Å². The van der Waals surface area contributed by atoms with E-state index < -0.39 is 0 Å². The third-order valence-corrected chi connectivity index (χ3v) is 5.64. The lowest BCUT2D eigenvalue weighted by atomic mass is 9.85. The second kappa shape index (κ2) is 7.63. The number of carbonyl (C=O) groups is 1. The molecule has 0 N–H and O–H groups in total. The summed E-state index contributed by atoms with van der Waals surface area (Å²) in [5.74, 6) is 1.85. The van der Waals surface area contributed by atoms with Gasteiger partial charge in [0.25, 0.3) is 0 Å². The van der Waals surface area contributed by atoms with Crippen molar-refractivity contribution < 1.29 is 4.79 Å². The number of Topliss-reactive ketones (excluding diaryl/α,β-unsaturated/α-hetero) is 1. The van der Waals surface area contributed by atoms with Crippen LogP contribution >= 0.6 is 0 Å². The molecule has 2 heterocycles. The summed E-state index contributed by atoms with van der Waals surface area (Å²) in [4.78, 5) is 24.6. The SMILES string of the molecule is Cc1nc(N2CCC[C@H](C)C2)nc2c1C(=O)C[C@@H](/C=C/c1ccccc1)C2. The number of anilines is 1. The summed E-state index contributed by atoms with van der Waals surface area (Å²) in [6.07, 6.45) is 8.08. The molecule has 4 heteroatoms. The normalized spacial score (nSPS) is 22.9. The van der Waals surface area contributed by atoms with Crippen LogP contribution in [0.1, 0.15) is 53.5 Å². The van der Waals surface area contributed by atoms with Crippen molar-refractivity contribution in [2.75, 3.05) is 18.0 Å². The summed E-state index contributed by atoms with van der Waals surface area (Å²) in [6.45, 7) is 6.25. The Bertz CT molecular complexity index is 859. The minimum absolute atomic E-state index is 0.176. The van der Waals surface area contributed by atoms with Crippen LogP contribution < -0.4 is 4.90 Å². The molecule has 2 atom stereocenters. The zero-order chi connectivity index (χ0) is 18.8. The highest BCUT2D eigenvalue weighted by Gasteiger charge is 2.29.